The van der Waals surface area contributed by atoms with Gasteiger partial charge < -0.3 is 10.2 Å². The minimum atomic E-state index is -4.17. The molecule has 0 radical (unpaired) electrons. The second kappa shape index (κ2) is 3.94. The summed E-state index contributed by atoms with van der Waals surface area (Å²) in [6, 6.07) is 5.72. The van der Waals surface area contributed by atoms with E-state index < -0.39 is 18.0 Å². The average molecular weight is 216 g/mol. The molecular formula is C10H10F2O3. The van der Waals surface area contributed by atoms with Crippen molar-refractivity contribution in [1.29, 1.82) is 0 Å². The number of aliphatic hydroxyl groups is 1. The van der Waals surface area contributed by atoms with Gasteiger partial charge in [0.1, 0.15) is 0 Å². The maximum Gasteiger partial charge on any atom is 0.377 e. The van der Waals surface area contributed by atoms with Gasteiger partial charge in [0.05, 0.1) is 0 Å². The molecule has 0 aliphatic rings. The topological polar surface area (TPSA) is 57.5 Å². The standard InChI is InChI=1S/C10H10F2O3/c1-6-3-2-4-7(5-6)8(13)10(11,12)9(14)15/h2-5,8,13H,1H3,(H,14,15). The van der Waals surface area contributed by atoms with Crippen molar-refractivity contribution in [3.8, 4) is 0 Å². The fourth-order valence-corrected chi connectivity index (χ4v) is 1.17. The van der Waals surface area contributed by atoms with Crippen LogP contribution in [0, 0.1) is 6.92 Å². The Morgan fingerprint density at radius 2 is 2.07 bits per heavy atom. The summed E-state index contributed by atoms with van der Waals surface area (Å²) in [5.74, 6) is -6.51. The Bertz CT molecular complexity index is 377. The van der Waals surface area contributed by atoms with Gasteiger partial charge in [0, 0.05) is 0 Å². The number of aliphatic hydroxyl groups excluding tert-OH is 1. The maximum atomic E-state index is 12.9. The largest absolute Gasteiger partial charge is 0.477 e. The van der Waals surface area contributed by atoms with Crippen LogP contribution in [0.2, 0.25) is 0 Å². The molecular weight excluding hydrogens is 206 g/mol. The number of halogens is 2. The molecule has 0 bridgehead atoms. The predicted octanol–water partition coefficient (Wildman–Crippen LogP) is 1.75. The molecule has 0 spiro atoms. The van der Waals surface area contributed by atoms with E-state index in [-0.39, 0.29) is 5.56 Å². The fourth-order valence-electron chi connectivity index (χ4n) is 1.17. The first kappa shape index (κ1) is 11.6. The molecule has 0 saturated carbocycles. The fraction of sp³-hybridized carbons (Fsp3) is 0.300. The lowest BCUT2D eigenvalue weighted by atomic mass is 10.0. The molecule has 2 N–H and O–H groups in total. The van der Waals surface area contributed by atoms with E-state index in [0.29, 0.717) is 5.56 Å². The van der Waals surface area contributed by atoms with E-state index in [2.05, 4.69) is 0 Å². The van der Waals surface area contributed by atoms with E-state index in [1.165, 1.54) is 18.2 Å². The van der Waals surface area contributed by atoms with Crippen molar-refractivity contribution in [1.82, 2.24) is 0 Å². The van der Waals surface area contributed by atoms with E-state index in [0.717, 1.165) is 0 Å². The Kier molecular flexibility index (Phi) is 3.04. The lowest BCUT2D eigenvalue weighted by Crippen LogP contribution is -2.35. The average Bonchev–Trinajstić information content (AvgIpc) is 2.16. The zero-order chi connectivity index (χ0) is 11.6. The lowest BCUT2D eigenvalue weighted by Gasteiger charge is -2.18. The molecule has 1 rings (SSSR count). The number of aryl methyl sites for hydroxylation is 1. The summed E-state index contributed by atoms with van der Waals surface area (Å²) in [6.07, 6.45) is -2.32. The molecule has 0 fully saturated rings. The molecule has 3 nitrogen and oxygen atoms in total. The van der Waals surface area contributed by atoms with Crippen LogP contribution < -0.4 is 0 Å². The smallest absolute Gasteiger partial charge is 0.377 e. The van der Waals surface area contributed by atoms with Crippen LogP contribution in [0.25, 0.3) is 0 Å². The third-order valence-corrected chi connectivity index (χ3v) is 1.99. The van der Waals surface area contributed by atoms with E-state index in [1.54, 1.807) is 13.0 Å². The van der Waals surface area contributed by atoms with Crippen LogP contribution in [0.15, 0.2) is 24.3 Å². The van der Waals surface area contributed by atoms with Gasteiger partial charge in [0.15, 0.2) is 6.10 Å². The van der Waals surface area contributed by atoms with Crippen molar-refractivity contribution in [3.63, 3.8) is 0 Å². The van der Waals surface area contributed by atoms with E-state index >= 15 is 0 Å². The van der Waals surface area contributed by atoms with E-state index in [4.69, 9.17) is 5.11 Å². The number of rotatable bonds is 3. The van der Waals surface area contributed by atoms with Crippen molar-refractivity contribution in [2.75, 3.05) is 0 Å². The number of carboxylic acid groups (broad SMARTS) is 1. The van der Waals surface area contributed by atoms with Crippen LogP contribution >= 0.6 is 0 Å². The highest BCUT2D eigenvalue weighted by Crippen LogP contribution is 2.31. The molecule has 1 aromatic carbocycles. The van der Waals surface area contributed by atoms with Crippen LogP contribution in [-0.2, 0) is 4.79 Å². The zero-order valence-electron chi connectivity index (χ0n) is 7.95. The van der Waals surface area contributed by atoms with Gasteiger partial charge in [-0.25, -0.2) is 4.79 Å². The molecule has 15 heavy (non-hydrogen) atoms. The second-order valence-corrected chi connectivity index (χ2v) is 3.24. The Balaban J connectivity index is 3.04. The lowest BCUT2D eigenvalue weighted by molar-refractivity contribution is -0.182. The van der Waals surface area contributed by atoms with Crippen molar-refractivity contribution >= 4 is 5.97 Å². The molecule has 0 aliphatic carbocycles. The molecule has 1 atom stereocenters. The Hall–Kier alpha value is -1.49. The summed E-state index contributed by atoms with van der Waals surface area (Å²) in [6.45, 7) is 1.66. The quantitative estimate of drug-likeness (QED) is 0.809. The predicted molar refractivity (Wildman–Crippen MR) is 48.7 cm³/mol. The number of hydrogen-bond donors (Lipinski definition) is 2. The van der Waals surface area contributed by atoms with Crippen molar-refractivity contribution in [2.45, 2.75) is 19.0 Å². The minimum absolute atomic E-state index is 0.109. The molecule has 5 heteroatoms. The molecule has 0 aliphatic heterocycles. The Labute approximate surface area is 85.0 Å². The summed E-state index contributed by atoms with van der Waals surface area (Å²) in [4.78, 5) is 10.2. The Morgan fingerprint density at radius 1 is 1.47 bits per heavy atom. The summed E-state index contributed by atoms with van der Waals surface area (Å²) in [7, 11) is 0. The van der Waals surface area contributed by atoms with Gasteiger partial charge in [0.25, 0.3) is 0 Å². The maximum absolute atomic E-state index is 12.9. The highest BCUT2D eigenvalue weighted by Gasteiger charge is 2.47. The number of alkyl halides is 2. The number of aliphatic carboxylic acids is 1. The van der Waals surface area contributed by atoms with Crippen LogP contribution in [0.4, 0.5) is 8.78 Å². The first-order valence-corrected chi connectivity index (χ1v) is 4.21. The third-order valence-electron chi connectivity index (χ3n) is 1.99. The van der Waals surface area contributed by atoms with Crippen LogP contribution in [0.3, 0.4) is 0 Å². The SMILES string of the molecule is Cc1cccc(C(O)C(F)(F)C(=O)O)c1. The van der Waals surface area contributed by atoms with Gasteiger partial charge in [0.2, 0.25) is 0 Å². The van der Waals surface area contributed by atoms with Gasteiger partial charge in [-0.05, 0) is 12.5 Å². The highest BCUT2D eigenvalue weighted by molar-refractivity contribution is 5.76. The summed E-state index contributed by atoms with van der Waals surface area (Å²) in [5, 5.41) is 17.4. The normalized spacial score (nSPS) is 13.6. The van der Waals surface area contributed by atoms with Crippen LogP contribution in [0.5, 0.6) is 0 Å². The van der Waals surface area contributed by atoms with Gasteiger partial charge in [-0.2, -0.15) is 8.78 Å². The van der Waals surface area contributed by atoms with Crippen LogP contribution in [-0.4, -0.2) is 22.1 Å². The molecule has 0 aromatic heterocycles. The van der Waals surface area contributed by atoms with Crippen molar-refractivity contribution < 1.29 is 23.8 Å². The van der Waals surface area contributed by atoms with Crippen molar-refractivity contribution in [3.05, 3.63) is 35.4 Å². The van der Waals surface area contributed by atoms with Crippen molar-refractivity contribution in [2.24, 2.45) is 0 Å². The monoisotopic (exact) mass is 216 g/mol. The molecule has 82 valence electrons. The zero-order valence-corrected chi connectivity index (χ0v) is 7.95. The van der Waals surface area contributed by atoms with E-state index in [9.17, 15) is 18.7 Å². The van der Waals surface area contributed by atoms with Gasteiger partial charge in [-0.15, -0.1) is 0 Å². The second-order valence-electron chi connectivity index (χ2n) is 3.24. The molecule has 0 saturated heterocycles. The summed E-state index contributed by atoms with van der Waals surface area (Å²) >= 11 is 0. The minimum Gasteiger partial charge on any atom is -0.477 e. The number of carbonyl (C=O) groups is 1. The molecule has 0 heterocycles. The number of hydrogen-bond acceptors (Lipinski definition) is 2. The summed E-state index contributed by atoms with van der Waals surface area (Å²) < 4.78 is 25.8. The number of carboxylic acids is 1. The first-order chi connectivity index (χ1) is 6.85. The molecule has 0 amide bonds. The highest BCUT2D eigenvalue weighted by atomic mass is 19.3. The van der Waals surface area contributed by atoms with Gasteiger partial charge in [-0.3, -0.25) is 0 Å². The van der Waals surface area contributed by atoms with E-state index in [1.807, 2.05) is 0 Å². The molecule has 1 aromatic rings. The third kappa shape index (κ3) is 2.30. The number of benzene rings is 1. The van der Waals surface area contributed by atoms with Gasteiger partial charge >= 0.3 is 11.9 Å². The van der Waals surface area contributed by atoms with Crippen LogP contribution in [0.1, 0.15) is 17.2 Å². The first-order valence-electron chi connectivity index (χ1n) is 4.21. The summed E-state index contributed by atoms with van der Waals surface area (Å²) in [5.41, 5.74) is 0.565. The van der Waals surface area contributed by atoms with Gasteiger partial charge in [-0.1, -0.05) is 29.8 Å². The molecule has 1 unspecified atom stereocenters. The Morgan fingerprint density at radius 3 is 2.53 bits per heavy atom.